The largest absolute Gasteiger partial charge is 0.465 e. The van der Waals surface area contributed by atoms with Gasteiger partial charge in [0.2, 0.25) is 5.91 Å². The number of alkyl halides is 2. The van der Waals surface area contributed by atoms with E-state index in [1.54, 1.807) is 18.2 Å². The van der Waals surface area contributed by atoms with Crippen molar-refractivity contribution in [2.75, 3.05) is 11.4 Å². The number of carboxylic acid groups (broad SMARTS) is 1. The molecule has 11 heteroatoms. The monoisotopic (exact) mass is 687 g/mol. The molecule has 2 atom stereocenters. The summed E-state index contributed by atoms with van der Waals surface area (Å²) in [5.74, 6) is -5.53. The molecule has 0 aromatic heterocycles. The van der Waals surface area contributed by atoms with Crippen LogP contribution in [0.15, 0.2) is 97.1 Å². The van der Waals surface area contributed by atoms with E-state index in [0.29, 0.717) is 6.42 Å². The van der Waals surface area contributed by atoms with Gasteiger partial charge in [-0.15, -0.1) is 0 Å². The number of hydrogen-bond acceptors (Lipinski definition) is 3. The minimum atomic E-state index is -2.93. The number of nitrogens with zero attached hydrogens (tertiary/aromatic N) is 2. The van der Waals surface area contributed by atoms with E-state index >= 15 is 4.79 Å². The highest BCUT2D eigenvalue weighted by Gasteiger charge is 2.56. The summed E-state index contributed by atoms with van der Waals surface area (Å²) in [6, 6.07) is 24.6. The van der Waals surface area contributed by atoms with Crippen LogP contribution in [-0.4, -0.2) is 52.0 Å². The van der Waals surface area contributed by atoms with E-state index < -0.39 is 60.1 Å². The summed E-state index contributed by atoms with van der Waals surface area (Å²) < 4.78 is 42.7. The Labute approximate surface area is 286 Å². The van der Waals surface area contributed by atoms with Crippen molar-refractivity contribution in [3.8, 4) is 11.1 Å². The van der Waals surface area contributed by atoms with E-state index in [-0.39, 0.29) is 41.6 Å². The van der Waals surface area contributed by atoms with Gasteiger partial charge in [-0.2, -0.15) is 0 Å². The second-order valence-electron chi connectivity index (χ2n) is 13.0. The normalized spacial score (nSPS) is 20.2. The van der Waals surface area contributed by atoms with Crippen LogP contribution in [0.1, 0.15) is 60.8 Å². The van der Waals surface area contributed by atoms with E-state index in [1.165, 1.54) is 24.3 Å². The van der Waals surface area contributed by atoms with Crippen molar-refractivity contribution >= 4 is 35.2 Å². The Morgan fingerprint density at radius 3 is 2.16 bits per heavy atom. The van der Waals surface area contributed by atoms with Gasteiger partial charge in [0, 0.05) is 47.6 Å². The van der Waals surface area contributed by atoms with Crippen molar-refractivity contribution in [3.63, 3.8) is 0 Å². The van der Waals surface area contributed by atoms with Gasteiger partial charge in [0.15, 0.2) is 0 Å². The molecule has 1 aliphatic heterocycles. The van der Waals surface area contributed by atoms with Crippen LogP contribution in [0.2, 0.25) is 5.02 Å². The number of likely N-dealkylation sites (tertiary alicyclic amines) is 1. The number of fused-ring (bicyclic) bond motifs is 3. The van der Waals surface area contributed by atoms with Crippen LogP contribution in [0.25, 0.3) is 11.1 Å². The summed E-state index contributed by atoms with van der Waals surface area (Å²) in [6.07, 6.45) is -1.90. The quantitative estimate of drug-likeness (QED) is 0.196. The molecule has 7 nitrogen and oxygen atoms in total. The minimum Gasteiger partial charge on any atom is -0.465 e. The summed E-state index contributed by atoms with van der Waals surface area (Å²) in [7, 11) is 0. The van der Waals surface area contributed by atoms with Gasteiger partial charge in [-0.3, -0.25) is 19.4 Å². The van der Waals surface area contributed by atoms with E-state index in [4.69, 9.17) is 11.6 Å². The van der Waals surface area contributed by atoms with Gasteiger partial charge in [-0.25, -0.2) is 18.0 Å². The topological polar surface area (TPSA) is 90.0 Å². The second-order valence-corrected chi connectivity index (χ2v) is 13.5. The standard InChI is InChI=1S/C38H33ClF3N3O4/c39-32-16-6-5-15-30(32)33(34(46)43-24-20-38(41,42)21-24)45(25-10-7-9-23(40)19-25)35(47)37(17-8-18-44(37)36(48)49)22-31-28-13-3-1-11-26(28)27-12-2-4-14-29(27)31/h1-7,9-16,19,24,31,33H,8,17-18,20-22H2,(H,43,46)(H,48,49)/t33-,37-/m0/s1. The maximum Gasteiger partial charge on any atom is 0.408 e. The number of carbonyl (C=O) groups excluding carboxylic acids is 2. The Bertz CT molecular complexity index is 1900. The molecule has 4 aromatic carbocycles. The van der Waals surface area contributed by atoms with Crippen LogP contribution >= 0.6 is 11.6 Å². The lowest BCUT2D eigenvalue weighted by molar-refractivity contribution is -0.135. The van der Waals surface area contributed by atoms with Gasteiger partial charge in [0.05, 0.1) is 0 Å². The molecule has 49 heavy (non-hydrogen) atoms. The predicted molar refractivity (Wildman–Crippen MR) is 179 cm³/mol. The number of hydrogen-bond donors (Lipinski definition) is 2. The molecule has 0 unspecified atom stereocenters. The van der Waals surface area contributed by atoms with Crippen molar-refractivity contribution in [1.82, 2.24) is 10.2 Å². The predicted octanol–water partition coefficient (Wildman–Crippen LogP) is 8.18. The summed E-state index contributed by atoms with van der Waals surface area (Å²) in [4.78, 5) is 45.1. The Kier molecular flexibility index (Phi) is 8.39. The average molecular weight is 688 g/mol. The van der Waals surface area contributed by atoms with Crippen LogP contribution < -0.4 is 10.2 Å². The fourth-order valence-electron chi connectivity index (χ4n) is 7.87. The zero-order valence-electron chi connectivity index (χ0n) is 26.3. The number of rotatable bonds is 8. The van der Waals surface area contributed by atoms with Crippen molar-refractivity contribution in [2.45, 2.75) is 61.6 Å². The number of nitrogens with one attached hydrogen (secondary N) is 1. The lowest BCUT2D eigenvalue weighted by atomic mass is 9.79. The number of carbonyl (C=O) groups is 3. The van der Waals surface area contributed by atoms with E-state index in [9.17, 15) is 27.9 Å². The minimum absolute atomic E-state index is 0.00662. The van der Waals surface area contributed by atoms with Crippen LogP contribution in [0.3, 0.4) is 0 Å². The van der Waals surface area contributed by atoms with Gasteiger partial charge in [0.1, 0.15) is 17.4 Å². The maximum atomic E-state index is 15.6. The molecule has 1 saturated heterocycles. The number of halogens is 4. The van der Waals surface area contributed by atoms with Crippen molar-refractivity contribution in [3.05, 3.63) is 125 Å². The second kappa shape index (κ2) is 12.6. The third-order valence-electron chi connectivity index (χ3n) is 10.1. The summed E-state index contributed by atoms with van der Waals surface area (Å²) >= 11 is 6.67. The third kappa shape index (κ3) is 5.82. The Hall–Kier alpha value is -4.83. The van der Waals surface area contributed by atoms with Crippen molar-refractivity contribution in [1.29, 1.82) is 0 Å². The first kappa shape index (κ1) is 32.7. The lowest BCUT2D eigenvalue weighted by Gasteiger charge is -2.44. The zero-order valence-corrected chi connectivity index (χ0v) is 27.0. The Balaban J connectivity index is 1.39. The summed E-state index contributed by atoms with van der Waals surface area (Å²) in [5, 5.41) is 13.4. The molecule has 2 N–H and O–H groups in total. The van der Waals surface area contributed by atoms with Gasteiger partial charge in [0.25, 0.3) is 11.8 Å². The van der Waals surface area contributed by atoms with Crippen LogP contribution in [0.4, 0.5) is 23.7 Å². The maximum absolute atomic E-state index is 15.6. The third-order valence-corrected chi connectivity index (χ3v) is 10.4. The van der Waals surface area contributed by atoms with Crippen LogP contribution in [0, 0.1) is 5.82 Å². The molecule has 252 valence electrons. The van der Waals surface area contributed by atoms with Gasteiger partial charge < -0.3 is 10.4 Å². The highest BCUT2D eigenvalue weighted by atomic mass is 35.5. The molecule has 0 radical (unpaired) electrons. The fraction of sp³-hybridized carbons (Fsp3) is 0.289. The number of benzene rings is 4. The fourth-order valence-corrected chi connectivity index (χ4v) is 8.11. The Morgan fingerprint density at radius 2 is 1.55 bits per heavy atom. The first-order valence-corrected chi connectivity index (χ1v) is 16.6. The molecule has 2 fully saturated rings. The van der Waals surface area contributed by atoms with E-state index in [0.717, 1.165) is 38.1 Å². The highest BCUT2D eigenvalue weighted by molar-refractivity contribution is 6.31. The lowest BCUT2D eigenvalue weighted by Crippen LogP contribution is -2.61. The molecular weight excluding hydrogens is 655 g/mol. The van der Waals surface area contributed by atoms with E-state index in [1.807, 2.05) is 48.5 Å². The summed E-state index contributed by atoms with van der Waals surface area (Å²) in [6.45, 7) is 0.0637. The molecule has 0 spiro atoms. The van der Waals surface area contributed by atoms with Crippen LogP contribution in [0.5, 0.6) is 0 Å². The van der Waals surface area contributed by atoms with Crippen molar-refractivity contribution < 1.29 is 32.7 Å². The molecule has 1 saturated carbocycles. The first-order chi connectivity index (χ1) is 23.5. The van der Waals surface area contributed by atoms with Crippen LogP contribution in [-0.2, 0) is 9.59 Å². The number of amides is 3. The molecule has 0 bridgehead atoms. The van der Waals surface area contributed by atoms with Gasteiger partial charge in [-0.05, 0) is 65.8 Å². The van der Waals surface area contributed by atoms with Crippen molar-refractivity contribution in [2.24, 2.45) is 0 Å². The highest BCUT2D eigenvalue weighted by Crippen LogP contribution is 2.51. The molecule has 2 aliphatic carbocycles. The molecule has 4 aromatic rings. The molecular formula is C38H33ClF3N3O4. The smallest absolute Gasteiger partial charge is 0.408 e. The average Bonchev–Trinajstić information content (AvgIpc) is 3.63. The summed E-state index contributed by atoms with van der Waals surface area (Å²) in [5.41, 5.74) is 2.33. The molecule has 3 aliphatic rings. The SMILES string of the molecule is O=C(NC1CC(F)(F)C1)[C@H](c1ccccc1Cl)N(C(=O)[C@@]1(CC2c3ccccc3-c3ccccc32)CCCN1C(=O)O)c1cccc(F)c1. The zero-order chi connectivity index (χ0) is 34.5. The Morgan fingerprint density at radius 1 is 0.918 bits per heavy atom. The number of anilines is 1. The van der Waals surface area contributed by atoms with Gasteiger partial charge in [-0.1, -0.05) is 84.4 Å². The van der Waals surface area contributed by atoms with Gasteiger partial charge >= 0.3 is 6.09 Å². The molecule has 7 rings (SSSR count). The van der Waals surface area contributed by atoms with E-state index in [2.05, 4.69) is 5.32 Å². The molecule has 3 amide bonds. The molecule has 1 heterocycles. The first-order valence-electron chi connectivity index (χ1n) is 16.2.